The van der Waals surface area contributed by atoms with E-state index < -0.39 is 5.97 Å². The zero-order chi connectivity index (χ0) is 6.41. The Bertz CT molecular complexity index is 127. The maximum atomic E-state index is 9.74. The van der Waals surface area contributed by atoms with Gasteiger partial charge in [0.15, 0.2) is 0 Å². The first-order chi connectivity index (χ1) is 3.77. The molecule has 0 saturated heterocycles. The summed E-state index contributed by atoms with van der Waals surface area (Å²) in [6.07, 6.45) is 0. The normalized spacial score (nSPS) is 7.00. The van der Waals surface area contributed by atoms with Crippen LogP contribution in [-0.4, -0.2) is 22.6 Å². The van der Waals surface area contributed by atoms with Crippen LogP contribution in [0.3, 0.4) is 0 Å². The van der Waals surface area contributed by atoms with E-state index >= 15 is 0 Å². The predicted octanol–water partition coefficient (Wildman–Crippen LogP) is -2.56. The molecule has 46 valence electrons. The number of carboxylic acid groups (broad SMARTS) is 1. The summed E-state index contributed by atoms with van der Waals surface area (Å²) in [4.78, 5) is 9.74. The minimum atomic E-state index is -0.870. The van der Waals surface area contributed by atoms with Crippen LogP contribution in [0.1, 0.15) is 1.43 Å². The van der Waals surface area contributed by atoms with Gasteiger partial charge in [0.25, 0.3) is 0 Å². The third kappa shape index (κ3) is 11.7. The molecule has 9 heavy (non-hydrogen) atoms. The summed E-state index contributed by atoms with van der Waals surface area (Å²) >= 11 is 1.10. The second kappa shape index (κ2) is 8.31. The first-order valence-corrected chi connectivity index (χ1v) is 3.09. The van der Waals surface area contributed by atoms with Crippen LogP contribution in [-0.2, 0) is 4.79 Å². The summed E-state index contributed by atoms with van der Waals surface area (Å²) in [7, 11) is 0. The van der Waals surface area contributed by atoms with Gasteiger partial charge in [0.1, 0.15) is 0 Å². The van der Waals surface area contributed by atoms with E-state index in [2.05, 4.69) is 0 Å². The molecule has 0 aliphatic carbocycles. The molecule has 0 aromatic heterocycles. The number of carbonyl (C=O) groups is 1. The molecule has 0 spiro atoms. The first kappa shape index (κ1) is 12.0. The van der Waals surface area contributed by atoms with Gasteiger partial charge in [0, 0.05) is 0 Å². The predicted molar refractivity (Wildman–Crippen MR) is 31.7 cm³/mol. The number of rotatable bonds is 3. The van der Waals surface area contributed by atoms with Crippen LogP contribution in [0, 0.1) is 11.3 Å². The molecule has 0 radical (unpaired) electrons. The molecule has 0 fully saturated rings. The molecule has 3 nitrogen and oxygen atoms in total. The molecule has 0 saturated carbocycles. The summed E-state index contributed by atoms with van der Waals surface area (Å²) in [5.74, 6) is -0.592. The molecule has 5 heteroatoms. The van der Waals surface area contributed by atoms with E-state index in [1.165, 1.54) is 0 Å². The molecule has 0 aliphatic rings. The Labute approximate surface area is 81.2 Å². The van der Waals surface area contributed by atoms with Crippen molar-refractivity contribution in [1.82, 2.24) is 0 Å². The molecule has 0 atom stereocenters. The summed E-state index contributed by atoms with van der Waals surface area (Å²) < 4.78 is 0. The number of thioether (sulfide) groups is 1. The Morgan fingerprint density at radius 1 is 1.89 bits per heavy atom. The Hall–Kier alpha value is 0.310. The van der Waals surface area contributed by atoms with E-state index in [0.29, 0.717) is 0 Å². The van der Waals surface area contributed by atoms with E-state index in [4.69, 9.17) is 10.4 Å². The third-order valence-corrected chi connectivity index (χ3v) is 1.18. The number of nitriles is 1. The van der Waals surface area contributed by atoms with Gasteiger partial charge in [-0.3, -0.25) is 4.79 Å². The minimum absolute atomic E-state index is 0. The van der Waals surface area contributed by atoms with E-state index in [1.54, 1.807) is 0 Å². The molecule has 0 aromatic rings. The number of hydrogen-bond acceptors (Lipinski definition) is 3. The van der Waals surface area contributed by atoms with Crippen LogP contribution >= 0.6 is 11.8 Å². The van der Waals surface area contributed by atoms with Crippen molar-refractivity contribution in [2.24, 2.45) is 0 Å². The van der Waals surface area contributed by atoms with Crippen LogP contribution in [0.25, 0.3) is 0 Å². The van der Waals surface area contributed by atoms with E-state index in [0.717, 1.165) is 11.8 Å². The van der Waals surface area contributed by atoms with E-state index in [9.17, 15) is 4.79 Å². The van der Waals surface area contributed by atoms with Crippen LogP contribution in [0.15, 0.2) is 0 Å². The van der Waals surface area contributed by atoms with Gasteiger partial charge in [-0.2, -0.15) is 5.26 Å². The summed E-state index contributed by atoms with van der Waals surface area (Å²) in [5.41, 5.74) is 0. The number of aliphatic carboxylic acids is 1. The zero-order valence-electron chi connectivity index (χ0n) is 6.13. The molecule has 0 rings (SSSR count). The summed E-state index contributed by atoms with van der Waals surface area (Å²) in [6, 6.07) is 1.82. The van der Waals surface area contributed by atoms with Crippen molar-refractivity contribution in [3.05, 3.63) is 0 Å². The maximum absolute atomic E-state index is 9.74. The van der Waals surface area contributed by atoms with Crippen molar-refractivity contribution >= 4 is 17.7 Å². The largest absolute Gasteiger partial charge is 1.00 e. The fraction of sp³-hybridized carbons (Fsp3) is 0.500. The number of hydrogen-bond donors (Lipinski definition) is 1. The average molecular weight is 155 g/mol. The van der Waals surface area contributed by atoms with Gasteiger partial charge < -0.3 is 6.53 Å². The molecule has 0 heterocycles. The van der Waals surface area contributed by atoms with Crippen LogP contribution in [0.2, 0.25) is 0 Å². The maximum Gasteiger partial charge on any atom is 1.00 e. The smallest absolute Gasteiger partial charge is 1.00 e. The standard InChI is InChI=1S/C4H5NO2S.Na.H/c5-1-2-8-3-4(6)7;;/h2-3H2,(H,6,7);;/q;+1;-1. The molecule has 0 unspecified atom stereocenters. The van der Waals surface area contributed by atoms with Crippen LogP contribution < -0.4 is 29.6 Å². The van der Waals surface area contributed by atoms with Crippen LogP contribution in [0.5, 0.6) is 0 Å². The number of nitrogens with zero attached hydrogens (tertiary/aromatic N) is 1. The van der Waals surface area contributed by atoms with Crippen molar-refractivity contribution in [2.75, 3.05) is 11.5 Å². The Kier molecular flexibility index (Phi) is 11.1. The van der Waals surface area contributed by atoms with E-state index in [-0.39, 0.29) is 42.5 Å². The van der Waals surface area contributed by atoms with Gasteiger partial charge in [-0.25, -0.2) is 0 Å². The molecule has 0 amide bonds. The van der Waals surface area contributed by atoms with Crippen molar-refractivity contribution in [3.8, 4) is 6.07 Å². The van der Waals surface area contributed by atoms with Gasteiger partial charge in [-0.05, 0) is 0 Å². The quantitative estimate of drug-likeness (QED) is 0.360. The average Bonchev–Trinajstić information content (AvgIpc) is 1.66. The molecule has 1 N–H and O–H groups in total. The Morgan fingerprint density at radius 2 is 2.44 bits per heavy atom. The second-order valence-corrected chi connectivity index (χ2v) is 2.03. The zero-order valence-corrected chi connectivity index (χ0v) is 7.94. The van der Waals surface area contributed by atoms with Gasteiger partial charge in [0.05, 0.1) is 17.6 Å². The second-order valence-electron chi connectivity index (χ2n) is 1.04. The van der Waals surface area contributed by atoms with Crippen molar-refractivity contribution in [3.63, 3.8) is 0 Å². The Morgan fingerprint density at radius 3 is 2.78 bits per heavy atom. The number of carboxylic acids is 1. The van der Waals surface area contributed by atoms with Crippen molar-refractivity contribution in [2.45, 2.75) is 0 Å². The molecule has 0 aromatic carbocycles. The Balaban J connectivity index is -0.000000245. The SMILES string of the molecule is N#CCSCC(=O)O.[H-].[Na+]. The van der Waals surface area contributed by atoms with Gasteiger partial charge >= 0.3 is 35.5 Å². The fourth-order valence-electron chi connectivity index (χ4n) is 0.184. The van der Waals surface area contributed by atoms with Crippen molar-refractivity contribution < 1.29 is 40.9 Å². The van der Waals surface area contributed by atoms with Gasteiger partial charge in [-0.1, -0.05) is 0 Å². The molecule has 0 bridgehead atoms. The van der Waals surface area contributed by atoms with Crippen molar-refractivity contribution in [1.29, 1.82) is 5.26 Å². The topological polar surface area (TPSA) is 61.1 Å². The summed E-state index contributed by atoms with van der Waals surface area (Å²) in [6.45, 7) is 0. The molecular weight excluding hydrogens is 149 g/mol. The summed E-state index contributed by atoms with van der Waals surface area (Å²) in [5, 5.41) is 15.9. The minimum Gasteiger partial charge on any atom is -1.00 e. The monoisotopic (exact) mass is 155 g/mol. The van der Waals surface area contributed by atoms with E-state index in [1.807, 2.05) is 6.07 Å². The van der Waals surface area contributed by atoms with Gasteiger partial charge in [-0.15, -0.1) is 11.8 Å². The molecule has 0 aliphatic heterocycles. The molecular formula is C4H6NNaO2S. The fourth-order valence-corrected chi connectivity index (χ4v) is 0.552. The first-order valence-electron chi connectivity index (χ1n) is 1.94. The third-order valence-electron chi connectivity index (χ3n) is 0.392. The van der Waals surface area contributed by atoms with Gasteiger partial charge in [0.2, 0.25) is 0 Å². The van der Waals surface area contributed by atoms with Crippen LogP contribution in [0.4, 0.5) is 0 Å².